The Balaban J connectivity index is 3.60. The highest BCUT2D eigenvalue weighted by Gasteiger charge is 2.17. The third-order valence-corrected chi connectivity index (χ3v) is 1.90. The number of rotatable bonds is 0. The molecule has 0 unspecified atom stereocenters. The Hall–Kier alpha value is -1.45. The number of phenols is 3. The predicted octanol–water partition coefficient (Wildman–Crippen LogP) is 1.56. The van der Waals surface area contributed by atoms with E-state index in [1.165, 1.54) is 13.8 Å². The van der Waals surface area contributed by atoms with E-state index in [9.17, 15) is 4.39 Å². The minimum Gasteiger partial charge on any atom is -0.504 e. The molecule has 4 heteroatoms. The predicted molar refractivity (Wildman–Crippen MR) is 40.9 cm³/mol. The average Bonchev–Trinajstić information content (AvgIpc) is 2.08. The van der Waals surface area contributed by atoms with Gasteiger partial charge in [-0.2, -0.15) is 0 Å². The minimum absolute atomic E-state index is 0.128. The second kappa shape index (κ2) is 2.55. The van der Waals surface area contributed by atoms with Crippen LogP contribution in [0, 0.1) is 19.7 Å². The molecule has 0 aliphatic carbocycles. The first-order valence-electron chi connectivity index (χ1n) is 3.36. The van der Waals surface area contributed by atoms with Gasteiger partial charge in [-0.25, -0.2) is 4.39 Å². The van der Waals surface area contributed by atoms with Crippen LogP contribution in [0.1, 0.15) is 11.1 Å². The summed E-state index contributed by atoms with van der Waals surface area (Å²) in [6.45, 7) is 2.86. The van der Waals surface area contributed by atoms with Crippen LogP contribution in [0.5, 0.6) is 17.2 Å². The fourth-order valence-electron chi connectivity index (χ4n) is 0.914. The number of aromatic hydroxyl groups is 3. The largest absolute Gasteiger partial charge is 0.504 e. The molecular weight excluding hydrogens is 163 g/mol. The fourth-order valence-corrected chi connectivity index (χ4v) is 0.914. The molecule has 0 heterocycles. The highest BCUT2D eigenvalue weighted by Crippen LogP contribution is 2.41. The van der Waals surface area contributed by atoms with Gasteiger partial charge in [-0.15, -0.1) is 0 Å². The first-order chi connectivity index (χ1) is 5.46. The average molecular weight is 172 g/mol. The lowest BCUT2D eigenvalue weighted by molar-refractivity contribution is 0.348. The van der Waals surface area contributed by atoms with Crippen molar-refractivity contribution in [3.8, 4) is 17.2 Å². The standard InChI is InChI=1S/C8H9FO3/c1-3-4(2)6(10)8(12)7(11)5(3)9/h10-12H,1-2H3. The van der Waals surface area contributed by atoms with Gasteiger partial charge in [0.25, 0.3) is 0 Å². The van der Waals surface area contributed by atoms with Gasteiger partial charge in [0.15, 0.2) is 17.3 Å². The summed E-state index contributed by atoms with van der Waals surface area (Å²) >= 11 is 0. The molecule has 0 spiro atoms. The maximum atomic E-state index is 12.9. The minimum atomic E-state index is -0.907. The lowest BCUT2D eigenvalue weighted by Gasteiger charge is -2.08. The maximum Gasteiger partial charge on any atom is 0.203 e. The first-order valence-corrected chi connectivity index (χ1v) is 3.36. The molecule has 0 saturated heterocycles. The molecule has 0 aliphatic heterocycles. The molecular formula is C8H9FO3. The summed E-state index contributed by atoms with van der Waals surface area (Å²) in [5.74, 6) is -3.10. The van der Waals surface area contributed by atoms with E-state index in [0.717, 1.165) is 0 Å². The van der Waals surface area contributed by atoms with Crippen LogP contribution in [0.25, 0.3) is 0 Å². The molecule has 0 atom stereocenters. The molecule has 0 fully saturated rings. The van der Waals surface area contributed by atoms with Crippen molar-refractivity contribution in [2.45, 2.75) is 13.8 Å². The van der Waals surface area contributed by atoms with E-state index in [-0.39, 0.29) is 11.1 Å². The SMILES string of the molecule is Cc1c(C)c(F)c(O)c(O)c1O. The lowest BCUT2D eigenvalue weighted by Crippen LogP contribution is -1.89. The number of hydrogen-bond acceptors (Lipinski definition) is 3. The Kier molecular flexibility index (Phi) is 1.84. The van der Waals surface area contributed by atoms with Crippen LogP contribution < -0.4 is 0 Å². The third kappa shape index (κ3) is 0.958. The highest BCUT2D eigenvalue weighted by molar-refractivity contribution is 5.56. The molecule has 0 radical (unpaired) electrons. The van der Waals surface area contributed by atoms with E-state index in [4.69, 9.17) is 15.3 Å². The van der Waals surface area contributed by atoms with Crippen LogP contribution in [0.15, 0.2) is 0 Å². The van der Waals surface area contributed by atoms with E-state index in [2.05, 4.69) is 0 Å². The monoisotopic (exact) mass is 172 g/mol. The van der Waals surface area contributed by atoms with Crippen LogP contribution in [0.4, 0.5) is 4.39 Å². The van der Waals surface area contributed by atoms with Gasteiger partial charge in [-0.1, -0.05) is 0 Å². The van der Waals surface area contributed by atoms with Crippen molar-refractivity contribution < 1.29 is 19.7 Å². The molecule has 0 saturated carbocycles. The van der Waals surface area contributed by atoms with Crippen LogP contribution in [-0.2, 0) is 0 Å². The summed E-state index contributed by atoms with van der Waals surface area (Å²) in [6, 6.07) is 0. The van der Waals surface area contributed by atoms with Crippen LogP contribution in [0.2, 0.25) is 0 Å². The summed E-state index contributed by atoms with van der Waals surface area (Å²) in [4.78, 5) is 0. The maximum absolute atomic E-state index is 12.9. The first kappa shape index (κ1) is 8.64. The van der Waals surface area contributed by atoms with Gasteiger partial charge in [0.05, 0.1) is 0 Å². The molecule has 1 rings (SSSR count). The van der Waals surface area contributed by atoms with Crippen molar-refractivity contribution in [3.63, 3.8) is 0 Å². The zero-order chi connectivity index (χ0) is 9.46. The Morgan fingerprint density at radius 3 is 1.83 bits per heavy atom. The lowest BCUT2D eigenvalue weighted by atomic mass is 10.1. The van der Waals surface area contributed by atoms with Crippen molar-refractivity contribution >= 4 is 0 Å². The van der Waals surface area contributed by atoms with E-state index in [0.29, 0.717) is 0 Å². The molecule has 1 aromatic carbocycles. The summed E-state index contributed by atoms with van der Waals surface area (Å²) in [6.07, 6.45) is 0. The molecule has 3 nitrogen and oxygen atoms in total. The van der Waals surface area contributed by atoms with Gasteiger partial charge in [-0.05, 0) is 19.4 Å². The number of phenolic OH excluding ortho intramolecular Hbond substituents is 3. The van der Waals surface area contributed by atoms with Crippen molar-refractivity contribution in [2.75, 3.05) is 0 Å². The van der Waals surface area contributed by atoms with E-state index in [1.807, 2.05) is 0 Å². The fraction of sp³-hybridized carbons (Fsp3) is 0.250. The van der Waals surface area contributed by atoms with Gasteiger partial charge in [-0.3, -0.25) is 0 Å². The van der Waals surface area contributed by atoms with Gasteiger partial charge >= 0.3 is 0 Å². The Morgan fingerprint density at radius 2 is 1.33 bits per heavy atom. The Morgan fingerprint density at radius 1 is 0.833 bits per heavy atom. The Labute approximate surface area is 68.7 Å². The van der Waals surface area contributed by atoms with Crippen LogP contribution >= 0.6 is 0 Å². The summed E-state index contributed by atoms with van der Waals surface area (Å²) in [5, 5.41) is 27.0. The van der Waals surface area contributed by atoms with E-state index in [1.54, 1.807) is 0 Å². The molecule has 12 heavy (non-hydrogen) atoms. The molecule has 0 bridgehead atoms. The number of halogens is 1. The normalized spacial score (nSPS) is 10.2. The van der Waals surface area contributed by atoms with Gasteiger partial charge in [0.2, 0.25) is 5.75 Å². The third-order valence-electron chi connectivity index (χ3n) is 1.90. The van der Waals surface area contributed by atoms with Crippen LogP contribution in [-0.4, -0.2) is 15.3 Å². The van der Waals surface area contributed by atoms with Crippen molar-refractivity contribution in [1.29, 1.82) is 0 Å². The van der Waals surface area contributed by atoms with Gasteiger partial charge in [0.1, 0.15) is 0 Å². The zero-order valence-electron chi connectivity index (χ0n) is 6.72. The molecule has 1 aromatic rings. The van der Waals surface area contributed by atoms with Crippen molar-refractivity contribution in [1.82, 2.24) is 0 Å². The van der Waals surface area contributed by atoms with E-state index >= 15 is 0 Å². The number of benzene rings is 1. The van der Waals surface area contributed by atoms with Gasteiger partial charge in [0, 0.05) is 5.56 Å². The van der Waals surface area contributed by atoms with Crippen LogP contribution in [0.3, 0.4) is 0 Å². The molecule has 0 aromatic heterocycles. The quantitative estimate of drug-likeness (QED) is 0.520. The summed E-state index contributed by atoms with van der Waals surface area (Å²) < 4.78 is 12.9. The summed E-state index contributed by atoms with van der Waals surface area (Å²) in [5.41, 5.74) is 0.352. The molecule has 66 valence electrons. The zero-order valence-corrected chi connectivity index (χ0v) is 6.72. The molecule has 0 aliphatic rings. The smallest absolute Gasteiger partial charge is 0.203 e. The van der Waals surface area contributed by atoms with E-state index < -0.39 is 23.1 Å². The topological polar surface area (TPSA) is 60.7 Å². The van der Waals surface area contributed by atoms with Gasteiger partial charge < -0.3 is 15.3 Å². The summed E-state index contributed by atoms with van der Waals surface area (Å²) in [7, 11) is 0. The number of hydrogen-bond donors (Lipinski definition) is 3. The second-order valence-electron chi connectivity index (χ2n) is 2.61. The highest BCUT2D eigenvalue weighted by atomic mass is 19.1. The Bertz CT molecular complexity index is 229. The molecule has 0 amide bonds. The molecule has 3 N–H and O–H groups in total. The second-order valence-corrected chi connectivity index (χ2v) is 2.61. The van der Waals surface area contributed by atoms with Crippen molar-refractivity contribution in [3.05, 3.63) is 16.9 Å². The van der Waals surface area contributed by atoms with Crippen molar-refractivity contribution in [2.24, 2.45) is 0 Å².